The van der Waals surface area contributed by atoms with Crippen LogP contribution in [-0.2, 0) is 23.8 Å². The molecule has 6 atom stereocenters. The lowest BCUT2D eigenvalue weighted by molar-refractivity contribution is -0.207. The van der Waals surface area contributed by atoms with Gasteiger partial charge in [0, 0.05) is 24.7 Å². The van der Waals surface area contributed by atoms with Crippen LogP contribution in [0.2, 0.25) is 0 Å². The van der Waals surface area contributed by atoms with E-state index in [9.17, 15) is 9.59 Å². The summed E-state index contributed by atoms with van der Waals surface area (Å²) >= 11 is 0. The number of hydrogen-bond donors (Lipinski definition) is 0. The van der Waals surface area contributed by atoms with Crippen molar-refractivity contribution in [3.63, 3.8) is 0 Å². The number of cyclic esters (lactones) is 1. The van der Waals surface area contributed by atoms with E-state index in [1.165, 1.54) is 0 Å². The quantitative estimate of drug-likeness (QED) is 0.542. The van der Waals surface area contributed by atoms with Crippen molar-refractivity contribution in [2.75, 3.05) is 13.2 Å². The summed E-state index contributed by atoms with van der Waals surface area (Å²) in [5.74, 6) is -0.0669. The molecule has 5 heteroatoms. The summed E-state index contributed by atoms with van der Waals surface area (Å²) in [4.78, 5) is 23.8. The van der Waals surface area contributed by atoms with Crippen molar-refractivity contribution < 1.29 is 23.8 Å². The average molecular weight is 294 g/mol. The van der Waals surface area contributed by atoms with Gasteiger partial charge in [-0.1, -0.05) is 0 Å². The fraction of sp³-hybridized carbons (Fsp3) is 0.875. The molecule has 1 unspecified atom stereocenters. The maximum Gasteiger partial charge on any atom is 0.309 e. The topological polar surface area (TPSA) is 61.8 Å². The van der Waals surface area contributed by atoms with Gasteiger partial charge in [-0.05, 0) is 31.6 Å². The van der Waals surface area contributed by atoms with Crippen LogP contribution in [0, 0.1) is 29.6 Å². The molecular weight excluding hydrogens is 272 g/mol. The number of carbonyl (C=O) groups excluding carboxylic acids is 2. The van der Waals surface area contributed by atoms with E-state index in [1.807, 2.05) is 6.92 Å². The smallest absolute Gasteiger partial charge is 0.309 e. The van der Waals surface area contributed by atoms with Gasteiger partial charge in [0.05, 0.1) is 19.1 Å². The molecule has 0 aromatic carbocycles. The third-order valence-electron chi connectivity index (χ3n) is 6.13. The van der Waals surface area contributed by atoms with E-state index in [0.29, 0.717) is 19.1 Å². The van der Waals surface area contributed by atoms with Crippen molar-refractivity contribution in [1.29, 1.82) is 0 Å². The molecule has 2 saturated carbocycles. The van der Waals surface area contributed by atoms with Crippen LogP contribution in [0.5, 0.6) is 0 Å². The Bertz CT molecular complexity index is 456. The van der Waals surface area contributed by atoms with Gasteiger partial charge >= 0.3 is 5.97 Å². The van der Waals surface area contributed by atoms with Crippen LogP contribution >= 0.6 is 0 Å². The van der Waals surface area contributed by atoms with Gasteiger partial charge in [0.1, 0.15) is 12.4 Å². The Kier molecular flexibility index (Phi) is 3.12. The SMILES string of the molecule is C[C@@H]1OC(=O)[C@H]2CC3CCC4(C[C@@H]3[C@@H](C=O)[C@@H]12)OCCO4. The van der Waals surface area contributed by atoms with Crippen LogP contribution in [0.3, 0.4) is 0 Å². The molecule has 4 rings (SSSR count). The predicted molar refractivity (Wildman–Crippen MR) is 72.2 cm³/mol. The zero-order valence-electron chi connectivity index (χ0n) is 12.3. The fourth-order valence-electron chi connectivity index (χ4n) is 5.22. The molecule has 0 radical (unpaired) electrons. The predicted octanol–water partition coefficient (Wildman–Crippen LogP) is 1.54. The molecule has 0 aromatic heterocycles. The van der Waals surface area contributed by atoms with Crippen LogP contribution in [-0.4, -0.2) is 37.4 Å². The van der Waals surface area contributed by atoms with Gasteiger partial charge in [-0.3, -0.25) is 4.79 Å². The molecule has 2 saturated heterocycles. The van der Waals surface area contributed by atoms with Crippen LogP contribution in [0.4, 0.5) is 0 Å². The Labute approximate surface area is 124 Å². The summed E-state index contributed by atoms with van der Waals surface area (Å²) in [6, 6.07) is 0. The summed E-state index contributed by atoms with van der Waals surface area (Å²) in [6.07, 6.45) is 4.40. The highest BCUT2D eigenvalue weighted by Gasteiger charge is 2.58. The summed E-state index contributed by atoms with van der Waals surface area (Å²) < 4.78 is 17.1. The van der Waals surface area contributed by atoms with Gasteiger partial charge in [-0.25, -0.2) is 0 Å². The number of carbonyl (C=O) groups is 2. The lowest BCUT2D eigenvalue weighted by Gasteiger charge is -2.48. The molecule has 1 spiro atoms. The molecule has 116 valence electrons. The Balaban J connectivity index is 1.62. The van der Waals surface area contributed by atoms with Gasteiger partial charge in [0.15, 0.2) is 5.79 Å². The molecule has 0 bridgehead atoms. The van der Waals surface area contributed by atoms with Crippen molar-refractivity contribution in [2.24, 2.45) is 29.6 Å². The van der Waals surface area contributed by atoms with Gasteiger partial charge in [-0.2, -0.15) is 0 Å². The van der Waals surface area contributed by atoms with E-state index >= 15 is 0 Å². The third-order valence-corrected chi connectivity index (χ3v) is 6.13. The second-order valence-corrected chi connectivity index (χ2v) is 7.05. The highest BCUT2D eigenvalue weighted by atomic mass is 16.7. The Morgan fingerprint density at radius 3 is 2.76 bits per heavy atom. The summed E-state index contributed by atoms with van der Waals surface area (Å²) in [7, 11) is 0. The number of rotatable bonds is 1. The molecule has 0 aromatic rings. The maximum atomic E-state index is 12.0. The van der Waals surface area contributed by atoms with Crippen molar-refractivity contribution in [3.8, 4) is 0 Å². The molecule has 4 aliphatic rings. The van der Waals surface area contributed by atoms with Gasteiger partial charge < -0.3 is 19.0 Å². The van der Waals surface area contributed by atoms with Crippen molar-refractivity contribution in [1.82, 2.24) is 0 Å². The lowest BCUT2D eigenvalue weighted by atomic mass is 9.57. The summed E-state index contributed by atoms with van der Waals surface area (Å²) in [5.41, 5.74) is 0. The average Bonchev–Trinajstić information content (AvgIpc) is 3.03. The lowest BCUT2D eigenvalue weighted by Crippen LogP contribution is -2.50. The second kappa shape index (κ2) is 4.78. The molecular formula is C16H22O5. The second-order valence-electron chi connectivity index (χ2n) is 7.05. The van der Waals surface area contributed by atoms with E-state index in [1.54, 1.807) is 0 Å². The molecule has 0 N–H and O–H groups in total. The maximum absolute atomic E-state index is 12.0. The monoisotopic (exact) mass is 294 g/mol. The van der Waals surface area contributed by atoms with Crippen molar-refractivity contribution in [3.05, 3.63) is 0 Å². The van der Waals surface area contributed by atoms with Crippen LogP contribution < -0.4 is 0 Å². The first-order valence-corrected chi connectivity index (χ1v) is 8.07. The summed E-state index contributed by atoms with van der Waals surface area (Å²) in [5, 5.41) is 0. The zero-order valence-corrected chi connectivity index (χ0v) is 12.3. The van der Waals surface area contributed by atoms with E-state index in [0.717, 1.165) is 32.0 Å². The van der Waals surface area contributed by atoms with Gasteiger partial charge in [0.2, 0.25) is 0 Å². The fourth-order valence-corrected chi connectivity index (χ4v) is 5.22. The van der Waals surface area contributed by atoms with Crippen LogP contribution in [0.15, 0.2) is 0 Å². The standard InChI is InChI=1S/C16H22O5/c1-9-14-11(15(18)21-9)6-10-2-3-16(19-4-5-20-16)7-12(10)13(14)8-17/h8-14H,2-7H2,1H3/t9-,10?,11-,12-,13+,14-/m0/s1. The van der Waals surface area contributed by atoms with Crippen molar-refractivity contribution >= 4 is 12.3 Å². The molecule has 21 heavy (non-hydrogen) atoms. The van der Waals surface area contributed by atoms with Gasteiger partial charge in [-0.15, -0.1) is 0 Å². The number of ether oxygens (including phenoxy) is 3. The number of fused-ring (bicyclic) bond motifs is 2. The Morgan fingerprint density at radius 1 is 1.29 bits per heavy atom. The molecule has 0 amide bonds. The number of aldehydes is 1. The Morgan fingerprint density at radius 2 is 2.05 bits per heavy atom. The normalized spacial score (nSPS) is 47.8. The Hall–Kier alpha value is -0.940. The molecule has 2 heterocycles. The van der Waals surface area contributed by atoms with E-state index in [4.69, 9.17) is 14.2 Å². The van der Waals surface area contributed by atoms with E-state index < -0.39 is 5.79 Å². The molecule has 5 nitrogen and oxygen atoms in total. The number of hydrogen-bond acceptors (Lipinski definition) is 5. The largest absolute Gasteiger partial charge is 0.462 e. The molecule has 2 aliphatic carbocycles. The third kappa shape index (κ3) is 1.97. The minimum Gasteiger partial charge on any atom is -0.462 e. The van der Waals surface area contributed by atoms with E-state index in [2.05, 4.69) is 0 Å². The first kappa shape index (κ1) is 13.7. The van der Waals surface area contributed by atoms with E-state index in [-0.39, 0.29) is 35.7 Å². The van der Waals surface area contributed by atoms with Crippen LogP contribution in [0.25, 0.3) is 0 Å². The minimum atomic E-state index is -0.470. The first-order chi connectivity index (χ1) is 10.1. The number of esters is 1. The summed E-state index contributed by atoms with van der Waals surface area (Å²) in [6.45, 7) is 3.21. The highest BCUT2D eigenvalue weighted by Crippen LogP contribution is 2.55. The van der Waals surface area contributed by atoms with Crippen molar-refractivity contribution in [2.45, 2.75) is 44.5 Å². The highest BCUT2D eigenvalue weighted by molar-refractivity contribution is 5.76. The zero-order chi connectivity index (χ0) is 14.6. The molecule has 4 fully saturated rings. The minimum absolute atomic E-state index is 0.0350. The molecule has 2 aliphatic heterocycles. The first-order valence-electron chi connectivity index (χ1n) is 8.07. The van der Waals surface area contributed by atoms with Crippen LogP contribution in [0.1, 0.15) is 32.6 Å². The van der Waals surface area contributed by atoms with Gasteiger partial charge in [0.25, 0.3) is 0 Å².